The first-order chi connectivity index (χ1) is 18.6. The van der Waals surface area contributed by atoms with Crippen molar-refractivity contribution in [2.24, 2.45) is 5.92 Å². The zero-order valence-electron chi connectivity index (χ0n) is 21.0. The number of pyridine rings is 1. The molecule has 4 atom stereocenters. The molecule has 0 radical (unpaired) electrons. The van der Waals surface area contributed by atoms with Crippen LogP contribution in [0.15, 0.2) is 30.5 Å². The van der Waals surface area contributed by atoms with Crippen LogP contribution in [0.3, 0.4) is 0 Å². The lowest BCUT2D eigenvalue weighted by Gasteiger charge is -2.35. The number of aryl methyl sites for hydroxylation is 1. The standard InChI is InChI=1S/C25H26ClN5O8/c1-14-22(19-13-38-23(18(19)12-27-14)15-2-4-17(26)5-3-15)39-25(33)29-8-6-28(7-9-29)24(32)16-10-20(30(34)35)21(11-16)31(36)37/h2-5,12,16,20-21,23H,6-11,13H2,1H3/t16?,20-,21+,23-/m0/s1. The highest BCUT2D eigenvalue weighted by Crippen LogP contribution is 2.41. The Morgan fingerprint density at radius 1 is 1.03 bits per heavy atom. The van der Waals surface area contributed by atoms with Crippen LogP contribution in [0.5, 0.6) is 5.75 Å². The monoisotopic (exact) mass is 559 g/mol. The van der Waals surface area contributed by atoms with Gasteiger partial charge in [0.25, 0.3) is 12.1 Å². The van der Waals surface area contributed by atoms with Gasteiger partial charge in [-0.05, 0) is 24.6 Å². The van der Waals surface area contributed by atoms with E-state index in [1.807, 2.05) is 12.1 Å². The minimum atomic E-state index is -1.38. The van der Waals surface area contributed by atoms with E-state index in [9.17, 15) is 29.8 Å². The summed E-state index contributed by atoms with van der Waals surface area (Å²) in [6.45, 7) is 2.77. The van der Waals surface area contributed by atoms with Crippen molar-refractivity contribution in [3.8, 4) is 5.75 Å². The van der Waals surface area contributed by atoms with Gasteiger partial charge < -0.3 is 19.3 Å². The third kappa shape index (κ3) is 5.23. The molecule has 0 spiro atoms. The van der Waals surface area contributed by atoms with E-state index in [0.717, 1.165) is 16.7 Å². The Bertz CT molecular complexity index is 1290. The van der Waals surface area contributed by atoms with Gasteiger partial charge in [0, 0.05) is 71.2 Å². The average Bonchev–Trinajstić information content (AvgIpc) is 3.56. The lowest BCUT2D eigenvalue weighted by Crippen LogP contribution is -2.52. The maximum absolute atomic E-state index is 13.0. The van der Waals surface area contributed by atoms with Crippen molar-refractivity contribution in [2.75, 3.05) is 26.2 Å². The summed E-state index contributed by atoms with van der Waals surface area (Å²) in [6, 6.07) is 4.54. The largest absolute Gasteiger partial charge is 0.415 e. The molecule has 1 aromatic carbocycles. The van der Waals surface area contributed by atoms with Crippen molar-refractivity contribution in [3.05, 3.63) is 78.1 Å². The van der Waals surface area contributed by atoms with Crippen LogP contribution in [0.1, 0.15) is 41.3 Å². The van der Waals surface area contributed by atoms with Crippen molar-refractivity contribution < 1.29 is 28.9 Å². The molecule has 206 valence electrons. The molecule has 5 rings (SSSR count). The van der Waals surface area contributed by atoms with E-state index < -0.39 is 33.9 Å². The number of carbonyl (C=O) groups excluding carboxylic acids is 2. The fourth-order valence-corrected chi connectivity index (χ4v) is 5.63. The number of carbonyl (C=O) groups is 2. The van der Waals surface area contributed by atoms with Crippen LogP contribution < -0.4 is 4.74 Å². The van der Waals surface area contributed by atoms with Gasteiger partial charge in [0.15, 0.2) is 5.75 Å². The van der Waals surface area contributed by atoms with E-state index in [-0.39, 0.29) is 57.6 Å². The maximum Gasteiger partial charge on any atom is 0.415 e. The number of piperazine rings is 1. The molecule has 3 heterocycles. The molecule has 2 amide bonds. The van der Waals surface area contributed by atoms with Gasteiger partial charge in [0.1, 0.15) is 6.10 Å². The maximum atomic E-state index is 13.0. The Morgan fingerprint density at radius 3 is 2.21 bits per heavy atom. The van der Waals surface area contributed by atoms with E-state index in [0.29, 0.717) is 16.5 Å². The Labute approximate surface area is 227 Å². The Balaban J connectivity index is 1.21. The van der Waals surface area contributed by atoms with Crippen LogP contribution >= 0.6 is 11.6 Å². The summed E-state index contributed by atoms with van der Waals surface area (Å²) >= 11 is 6.00. The summed E-state index contributed by atoms with van der Waals surface area (Å²) in [4.78, 5) is 54.5. The third-order valence-electron chi connectivity index (χ3n) is 7.62. The predicted molar refractivity (Wildman–Crippen MR) is 136 cm³/mol. The SMILES string of the molecule is Cc1ncc2c(c1OC(=O)N1CCN(C(=O)C3C[C@@H]([N+](=O)[O-])[C@@H]([N+](=O)[O-])C3)CC1)CO[C@H]2c1ccc(Cl)cc1. The van der Waals surface area contributed by atoms with Crippen molar-refractivity contribution in [1.29, 1.82) is 0 Å². The number of nitro groups is 2. The van der Waals surface area contributed by atoms with Gasteiger partial charge in [0.2, 0.25) is 5.91 Å². The summed E-state index contributed by atoms with van der Waals surface area (Å²) in [6.07, 6.45) is 0.444. The van der Waals surface area contributed by atoms with Crippen LogP contribution in [0.25, 0.3) is 0 Å². The van der Waals surface area contributed by atoms with Gasteiger partial charge in [-0.2, -0.15) is 0 Å². The van der Waals surface area contributed by atoms with Gasteiger partial charge in [0.05, 0.1) is 18.2 Å². The number of hydrogen-bond acceptors (Lipinski definition) is 9. The summed E-state index contributed by atoms with van der Waals surface area (Å²) in [7, 11) is 0. The van der Waals surface area contributed by atoms with Crippen LogP contribution in [0.4, 0.5) is 4.79 Å². The Kier molecular flexibility index (Phi) is 7.36. The number of rotatable bonds is 5. The third-order valence-corrected chi connectivity index (χ3v) is 7.88. The molecule has 1 saturated carbocycles. The number of halogens is 1. The molecule has 13 nitrogen and oxygen atoms in total. The first-order valence-corrected chi connectivity index (χ1v) is 12.9. The summed E-state index contributed by atoms with van der Waals surface area (Å²) in [5.74, 6) is -0.802. The second-order valence-corrected chi connectivity index (χ2v) is 10.3. The molecule has 2 aromatic rings. The highest BCUT2D eigenvalue weighted by atomic mass is 35.5. The molecule has 0 bridgehead atoms. The van der Waals surface area contributed by atoms with Gasteiger partial charge in [-0.15, -0.1) is 0 Å². The molecule has 39 heavy (non-hydrogen) atoms. The van der Waals surface area contributed by atoms with E-state index >= 15 is 0 Å². The molecule has 14 heteroatoms. The number of benzene rings is 1. The summed E-state index contributed by atoms with van der Waals surface area (Å²) < 4.78 is 11.8. The number of fused-ring (bicyclic) bond motifs is 1. The molecule has 2 fully saturated rings. The quantitative estimate of drug-likeness (QED) is 0.396. The van der Waals surface area contributed by atoms with Crippen LogP contribution in [0, 0.1) is 33.1 Å². The Hall–Kier alpha value is -3.84. The predicted octanol–water partition coefficient (Wildman–Crippen LogP) is 3.01. The normalized spacial score (nSPS) is 24.4. The fraction of sp³-hybridized carbons (Fsp3) is 0.480. The molecule has 1 aliphatic carbocycles. The van der Waals surface area contributed by atoms with E-state index in [4.69, 9.17) is 21.1 Å². The minimum absolute atomic E-state index is 0.162. The molecule has 1 aromatic heterocycles. The first-order valence-electron chi connectivity index (χ1n) is 12.5. The van der Waals surface area contributed by atoms with Crippen molar-refractivity contribution in [3.63, 3.8) is 0 Å². The number of ether oxygens (including phenoxy) is 2. The van der Waals surface area contributed by atoms with Crippen molar-refractivity contribution in [1.82, 2.24) is 14.8 Å². The molecular formula is C25H26ClN5O8. The number of nitrogens with zero attached hydrogens (tertiary/aromatic N) is 5. The van der Waals surface area contributed by atoms with Crippen molar-refractivity contribution >= 4 is 23.6 Å². The molecule has 0 N–H and O–H groups in total. The molecular weight excluding hydrogens is 534 g/mol. The fourth-order valence-electron chi connectivity index (χ4n) is 5.50. The molecule has 2 aliphatic heterocycles. The summed E-state index contributed by atoms with van der Waals surface area (Å²) in [5.41, 5.74) is 2.99. The van der Waals surface area contributed by atoms with E-state index in [1.165, 1.54) is 9.80 Å². The van der Waals surface area contributed by atoms with Crippen LogP contribution in [-0.4, -0.2) is 74.9 Å². The zero-order valence-corrected chi connectivity index (χ0v) is 21.8. The highest BCUT2D eigenvalue weighted by molar-refractivity contribution is 6.30. The van der Waals surface area contributed by atoms with E-state index in [1.54, 1.807) is 25.3 Å². The smallest absolute Gasteiger partial charge is 0.408 e. The lowest BCUT2D eigenvalue weighted by atomic mass is 10.0. The first kappa shape index (κ1) is 26.8. The van der Waals surface area contributed by atoms with Gasteiger partial charge in [-0.3, -0.25) is 30.0 Å². The highest BCUT2D eigenvalue weighted by Gasteiger charge is 2.53. The van der Waals surface area contributed by atoms with Gasteiger partial charge >= 0.3 is 6.09 Å². The number of aromatic nitrogens is 1. The Morgan fingerprint density at radius 2 is 1.62 bits per heavy atom. The van der Waals surface area contributed by atoms with Gasteiger partial charge in [-0.1, -0.05) is 23.7 Å². The number of amides is 2. The number of hydrogen-bond donors (Lipinski definition) is 0. The molecule has 1 saturated heterocycles. The topological polar surface area (TPSA) is 158 Å². The van der Waals surface area contributed by atoms with Crippen molar-refractivity contribution in [2.45, 2.75) is 44.6 Å². The average molecular weight is 560 g/mol. The van der Waals surface area contributed by atoms with Crippen LogP contribution in [-0.2, 0) is 16.1 Å². The second-order valence-electron chi connectivity index (χ2n) is 9.90. The van der Waals surface area contributed by atoms with E-state index in [2.05, 4.69) is 4.98 Å². The minimum Gasteiger partial charge on any atom is -0.408 e. The molecule has 3 aliphatic rings. The van der Waals surface area contributed by atoms with Crippen LogP contribution in [0.2, 0.25) is 5.02 Å². The molecule has 1 unspecified atom stereocenters. The summed E-state index contributed by atoms with van der Waals surface area (Å²) in [5, 5.41) is 23.1. The lowest BCUT2D eigenvalue weighted by molar-refractivity contribution is -0.611. The van der Waals surface area contributed by atoms with Gasteiger partial charge in [-0.25, -0.2) is 4.79 Å². The zero-order chi connectivity index (χ0) is 27.8. The second kappa shape index (κ2) is 10.7.